The number of amides is 2. The van der Waals surface area contributed by atoms with Crippen LogP contribution in [-0.4, -0.2) is 23.8 Å². The van der Waals surface area contributed by atoms with E-state index in [2.05, 4.69) is 15.8 Å². The number of urea groups is 1. The fourth-order valence-corrected chi connectivity index (χ4v) is 2.12. The number of nitrogens with zero attached hydrogens (tertiary/aromatic N) is 2. The molecule has 0 heterocycles. The molecule has 0 aliphatic carbocycles. The number of carbonyl (C=O) groups excluding carboxylic acids is 1. The van der Waals surface area contributed by atoms with Gasteiger partial charge in [0.1, 0.15) is 0 Å². The first-order chi connectivity index (χ1) is 12.0. The van der Waals surface area contributed by atoms with E-state index in [0.29, 0.717) is 22.9 Å². The van der Waals surface area contributed by atoms with Crippen molar-refractivity contribution < 1.29 is 14.5 Å². The van der Waals surface area contributed by atoms with Crippen LogP contribution in [0.25, 0.3) is 0 Å². The van der Waals surface area contributed by atoms with Crippen molar-refractivity contribution in [1.29, 1.82) is 0 Å². The number of carbonyl (C=O) groups is 1. The number of anilines is 1. The second-order valence-electron chi connectivity index (χ2n) is 4.75. The standard InChI is InChI=1S/C16H15ClN4O4/c1-2-25-15-7-6-11(8-14(15)21(23)24)10-18-20-16(22)19-13-5-3-4-12(17)9-13/h3-10H,2H2,1H3,(H2,19,20,22)/b18-10-. The lowest BCUT2D eigenvalue weighted by atomic mass is 10.2. The Balaban J connectivity index is 2.00. The van der Waals surface area contributed by atoms with Gasteiger partial charge in [0.05, 0.1) is 17.7 Å². The van der Waals surface area contributed by atoms with E-state index in [9.17, 15) is 14.9 Å². The van der Waals surface area contributed by atoms with Gasteiger partial charge < -0.3 is 10.1 Å². The highest BCUT2D eigenvalue weighted by Crippen LogP contribution is 2.27. The molecular formula is C16H15ClN4O4. The molecule has 25 heavy (non-hydrogen) atoms. The molecule has 2 aromatic carbocycles. The second-order valence-corrected chi connectivity index (χ2v) is 5.19. The number of ether oxygens (including phenoxy) is 1. The number of nitrogens with one attached hydrogen (secondary N) is 2. The van der Waals surface area contributed by atoms with Crippen molar-refractivity contribution in [2.75, 3.05) is 11.9 Å². The first kappa shape index (κ1) is 18.2. The largest absolute Gasteiger partial charge is 0.487 e. The smallest absolute Gasteiger partial charge is 0.339 e. The minimum atomic E-state index is -0.570. The Bertz CT molecular complexity index is 810. The predicted molar refractivity (Wildman–Crippen MR) is 95.5 cm³/mol. The highest BCUT2D eigenvalue weighted by atomic mass is 35.5. The molecule has 0 unspecified atom stereocenters. The van der Waals surface area contributed by atoms with E-state index in [-0.39, 0.29) is 11.4 Å². The molecule has 9 heteroatoms. The summed E-state index contributed by atoms with van der Waals surface area (Å²) in [7, 11) is 0. The van der Waals surface area contributed by atoms with E-state index in [1.165, 1.54) is 18.3 Å². The van der Waals surface area contributed by atoms with E-state index >= 15 is 0 Å². The maximum atomic E-state index is 11.7. The van der Waals surface area contributed by atoms with Crippen molar-refractivity contribution >= 4 is 35.2 Å². The fraction of sp³-hybridized carbons (Fsp3) is 0.125. The van der Waals surface area contributed by atoms with Gasteiger partial charge in [-0.2, -0.15) is 5.10 Å². The second kappa shape index (κ2) is 8.65. The molecule has 8 nitrogen and oxygen atoms in total. The molecule has 0 bridgehead atoms. The van der Waals surface area contributed by atoms with Crippen LogP contribution in [0.2, 0.25) is 5.02 Å². The van der Waals surface area contributed by atoms with Crippen LogP contribution < -0.4 is 15.5 Å². The van der Waals surface area contributed by atoms with Gasteiger partial charge in [-0.25, -0.2) is 10.2 Å². The van der Waals surface area contributed by atoms with Crippen molar-refractivity contribution in [3.05, 3.63) is 63.2 Å². The third-order valence-corrected chi connectivity index (χ3v) is 3.18. The summed E-state index contributed by atoms with van der Waals surface area (Å²) in [4.78, 5) is 22.2. The molecule has 0 aromatic heterocycles. The molecule has 0 saturated carbocycles. The normalized spacial score (nSPS) is 10.5. The molecule has 0 aliphatic heterocycles. The minimum Gasteiger partial charge on any atom is -0.487 e. The molecule has 2 N–H and O–H groups in total. The highest BCUT2D eigenvalue weighted by Gasteiger charge is 2.15. The predicted octanol–water partition coefficient (Wildman–Crippen LogP) is 3.80. The van der Waals surface area contributed by atoms with Gasteiger partial charge in [0.2, 0.25) is 0 Å². The summed E-state index contributed by atoms with van der Waals surface area (Å²) in [6.45, 7) is 2.06. The van der Waals surface area contributed by atoms with Crippen LogP contribution in [0.3, 0.4) is 0 Å². The van der Waals surface area contributed by atoms with Crippen LogP contribution in [0.1, 0.15) is 12.5 Å². The zero-order valence-corrected chi connectivity index (χ0v) is 14.0. The van der Waals surface area contributed by atoms with E-state index in [0.717, 1.165) is 0 Å². The molecule has 2 amide bonds. The molecule has 2 aromatic rings. The highest BCUT2D eigenvalue weighted by molar-refractivity contribution is 6.30. The number of hydrogen-bond acceptors (Lipinski definition) is 5. The SMILES string of the molecule is CCOc1ccc(/C=N\NC(=O)Nc2cccc(Cl)c2)cc1[N+](=O)[O-]. The Morgan fingerprint density at radius 3 is 2.84 bits per heavy atom. The van der Waals surface area contributed by atoms with Crippen molar-refractivity contribution in [2.45, 2.75) is 6.92 Å². The minimum absolute atomic E-state index is 0.172. The first-order valence-electron chi connectivity index (χ1n) is 7.26. The van der Waals surface area contributed by atoms with Crippen molar-refractivity contribution in [3.63, 3.8) is 0 Å². The maximum absolute atomic E-state index is 11.7. The van der Waals surface area contributed by atoms with Crippen LogP contribution in [0.5, 0.6) is 5.75 Å². The van der Waals surface area contributed by atoms with Crippen LogP contribution in [0.15, 0.2) is 47.6 Å². The van der Waals surface area contributed by atoms with Crippen LogP contribution in [0.4, 0.5) is 16.2 Å². The zero-order chi connectivity index (χ0) is 18.2. The van der Waals surface area contributed by atoms with Gasteiger partial charge in [0.25, 0.3) is 0 Å². The van der Waals surface area contributed by atoms with Gasteiger partial charge in [-0.15, -0.1) is 0 Å². The Morgan fingerprint density at radius 1 is 1.36 bits per heavy atom. The third-order valence-electron chi connectivity index (χ3n) is 2.94. The molecule has 0 atom stereocenters. The average molecular weight is 363 g/mol. The molecule has 0 aliphatic rings. The first-order valence-corrected chi connectivity index (χ1v) is 7.64. The maximum Gasteiger partial charge on any atom is 0.339 e. The summed E-state index contributed by atoms with van der Waals surface area (Å²) in [5, 5.41) is 17.8. The van der Waals surface area contributed by atoms with Gasteiger partial charge in [-0.1, -0.05) is 17.7 Å². The van der Waals surface area contributed by atoms with E-state index in [1.54, 1.807) is 37.3 Å². The molecule has 2 rings (SSSR count). The van der Waals surface area contributed by atoms with Crippen LogP contribution in [-0.2, 0) is 0 Å². The third kappa shape index (κ3) is 5.47. The van der Waals surface area contributed by atoms with Crippen LogP contribution in [0, 0.1) is 10.1 Å². The number of nitro groups is 1. The fourth-order valence-electron chi connectivity index (χ4n) is 1.93. The van der Waals surface area contributed by atoms with Crippen LogP contribution >= 0.6 is 11.6 Å². The Labute approximate surface area is 148 Å². The van der Waals surface area contributed by atoms with Gasteiger partial charge in [-0.3, -0.25) is 10.1 Å². The van der Waals surface area contributed by atoms with Gasteiger partial charge in [0, 0.05) is 22.3 Å². The zero-order valence-electron chi connectivity index (χ0n) is 13.2. The van der Waals surface area contributed by atoms with E-state index in [4.69, 9.17) is 16.3 Å². The molecule has 0 radical (unpaired) electrons. The number of hydrazone groups is 1. The lowest BCUT2D eigenvalue weighted by molar-refractivity contribution is -0.385. The quantitative estimate of drug-likeness (QED) is 0.463. The molecule has 0 spiro atoms. The molecule has 130 valence electrons. The van der Waals surface area contributed by atoms with Crippen molar-refractivity contribution in [1.82, 2.24) is 5.43 Å². The Kier molecular flexibility index (Phi) is 6.30. The molecule has 0 saturated heterocycles. The summed E-state index contributed by atoms with van der Waals surface area (Å²) < 4.78 is 5.20. The number of benzene rings is 2. The lowest BCUT2D eigenvalue weighted by Crippen LogP contribution is -2.24. The summed E-state index contributed by atoms with van der Waals surface area (Å²) in [6, 6.07) is 10.4. The number of hydrogen-bond donors (Lipinski definition) is 2. The molecular weight excluding hydrogens is 348 g/mol. The number of nitro benzene ring substituents is 1. The van der Waals surface area contributed by atoms with Gasteiger partial charge in [-0.05, 0) is 37.3 Å². The topological polar surface area (TPSA) is 106 Å². The number of halogens is 1. The van der Waals surface area contributed by atoms with Gasteiger partial charge in [0.15, 0.2) is 5.75 Å². The van der Waals surface area contributed by atoms with E-state index < -0.39 is 11.0 Å². The van der Waals surface area contributed by atoms with Crippen molar-refractivity contribution in [2.24, 2.45) is 5.10 Å². The lowest BCUT2D eigenvalue weighted by Gasteiger charge is -2.05. The molecule has 0 fully saturated rings. The Morgan fingerprint density at radius 2 is 2.16 bits per heavy atom. The average Bonchev–Trinajstić information content (AvgIpc) is 2.56. The van der Waals surface area contributed by atoms with E-state index in [1.807, 2.05) is 0 Å². The summed E-state index contributed by atoms with van der Waals surface area (Å²) in [5.41, 5.74) is 3.04. The summed E-state index contributed by atoms with van der Waals surface area (Å²) in [5.74, 6) is 0.177. The monoisotopic (exact) mass is 362 g/mol. The summed E-state index contributed by atoms with van der Waals surface area (Å²) in [6.07, 6.45) is 1.29. The Hall–Kier alpha value is -3.13. The van der Waals surface area contributed by atoms with Crippen molar-refractivity contribution in [3.8, 4) is 5.75 Å². The summed E-state index contributed by atoms with van der Waals surface area (Å²) >= 11 is 5.82. The van der Waals surface area contributed by atoms with Gasteiger partial charge >= 0.3 is 11.7 Å². The number of rotatable bonds is 6.